The first kappa shape index (κ1) is 72.5. The van der Waals surface area contributed by atoms with Gasteiger partial charge in [-0.1, -0.05) is 276 Å². The van der Waals surface area contributed by atoms with Crippen molar-refractivity contribution in [3.8, 4) is 0 Å². The summed E-state index contributed by atoms with van der Waals surface area (Å²) in [6, 6.07) is 0. The highest BCUT2D eigenvalue weighted by Gasteiger charge is 2.19. The maximum Gasteiger partial charge on any atom is 0.306 e. The number of hydrogen-bond acceptors (Lipinski definition) is 6. The molecule has 0 heterocycles. The van der Waals surface area contributed by atoms with Crippen LogP contribution in [0.1, 0.15) is 278 Å². The Hall–Kier alpha value is -4.45. The van der Waals surface area contributed by atoms with Gasteiger partial charge in [0.1, 0.15) is 13.2 Å². The lowest BCUT2D eigenvalue weighted by atomic mass is 10.0. The molecule has 0 fully saturated rings. The van der Waals surface area contributed by atoms with E-state index in [1.54, 1.807) is 0 Å². The molecule has 0 saturated carbocycles. The molecule has 0 saturated heterocycles. The fourth-order valence-electron chi connectivity index (χ4n) is 8.47. The van der Waals surface area contributed by atoms with Crippen LogP contribution in [-0.4, -0.2) is 37.2 Å². The zero-order valence-electron chi connectivity index (χ0n) is 49.9. The number of allylic oxidation sites excluding steroid dienone is 22. The highest BCUT2D eigenvalue weighted by molar-refractivity contribution is 5.71. The molecule has 0 bridgehead atoms. The van der Waals surface area contributed by atoms with Gasteiger partial charge in [-0.15, -0.1) is 0 Å². The van der Waals surface area contributed by atoms with Gasteiger partial charge in [0.2, 0.25) is 0 Å². The van der Waals surface area contributed by atoms with Gasteiger partial charge >= 0.3 is 17.9 Å². The van der Waals surface area contributed by atoms with E-state index in [2.05, 4.69) is 154 Å². The molecule has 0 aliphatic carbocycles. The number of rotatable bonds is 56. The van der Waals surface area contributed by atoms with E-state index in [1.807, 2.05) is 0 Å². The zero-order chi connectivity index (χ0) is 55.7. The largest absolute Gasteiger partial charge is 0.462 e. The zero-order valence-corrected chi connectivity index (χ0v) is 49.9. The first-order chi connectivity index (χ1) is 38.0. The van der Waals surface area contributed by atoms with Crippen LogP contribution < -0.4 is 0 Å². The van der Waals surface area contributed by atoms with Gasteiger partial charge in [0.05, 0.1) is 0 Å². The van der Waals surface area contributed by atoms with Crippen molar-refractivity contribution < 1.29 is 28.6 Å². The highest BCUT2D eigenvalue weighted by atomic mass is 16.6. The second-order valence-electron chi connectivity index (χ2n) is 20.6. The van der Waals surface area contributed by atoms with E-state index in [0.717, 1.165) is 148 Å². The van der Waals surface area contributed by atoms with Crippen molar-refractivity contribution in [2.45, 2.75) is 284 Å². The molecule has 0 rings (SSSR count). The highest BCUT2D eigenvalue weighted by Crippen LogP contribution is 2.16. The van der Waals surface area contributed by atoms with Crippen molar-refractivity contribution in [2.24, 2.45) is 0 Å². The van der Waals surface area contributed by atoms with Gasteiger partial charge in [0.25, 0.3) is 0 Å². The number of carbonyl (C=O) groups is 3. The third kappa shape index (κ3) is 62.3. The van der Waals surface area contributed by atoms with E-state index in [0.29, 0.717) is 12.8 Å². The van der Waals surface area contributed by atoms with E-state index < -0.39 is 6.10 Å². The summed E-state index contributed by atoms with van der Waals surface area (Å²) < 4.78 is 16.7. The minimum absolute atomic E-state index is 0.0936. The quantitative estimate of drug-likeness (QED) is 0.0261. The summed E-state index contributed by atoms with van der Waals surface area (Å²) in [7, 11) is 0. The predicted molar refractivity (Wildman–Crippen MR) is 334 cm³/mol. The summed E-state index contributed by atoms with van der Waals surface area (Å²) in [4.78, 5) is 37.9. The molecular formula is C71H116O6. The maximum absolute atomic E-state index is 12.8. The van der Waals surface area contributed by atoms with E-state index in [9.17, 15) is 14.4 Å². The van der Waals surface area contributed by atoms with Crippen LogP contribution in [0, 0.1) is 0 Å². The van der Waals surface area contributed by atoms with Crippen LogP contribution in [0.4, 0.5) is 0 Å². The summed E-state index contributed by atoms with van der Waals surface area (Å²) in [6.07, 6.45) is 90.8. The van der Waals surface area contributed by atoms with Gasteiger partial charge in [-0.2, -0.15) is 0 Å². The molecule has 6 heteroatoms. The summed E-state index contributed by atoms with van der Waals surface area (Å²) in [6.45, 7) is 6.31. The van der Waals surface area contributed by atoms with Crippen LogP contribution in [0.3, 0.4) is 0 Å². The second kappa shape index (κ2) is 64.1. The van der Waals surface area contributed by atoms with Crippen molar-refractivity contribution in [3.63, 3.8) is 0 Å². The average Bonchev–Trinajstić information content (AvgIpc) is 3.43. The fourth-order valence-corrected chi connectivity index (χ4v) is 8.47. The monoisotopic (exact) mass is 1060 g/mol. The van der Waals surface area contributed by atoms with E-state index in [1.165, 1.54) is 89.9 Å². The Kier molecular flexibility index (Phi) is 60.4. The molecule has 1 unspecified atom stereocenters. The Morgan fingerprint density at radius 1 is 0.273 bits per heavy atom. The average molecular weight is 1070 g/mol. The Balaban J connectivity index is 4.11. The predicted octanol–water partition coefficient (Wildman–Crippen LogP) is 21.8. The number of esters is 3. The first-order valence-electron chi connectivity index (χ1n) is 31.7. The van der Waals surface area contributed by atoms with Gasteiger partial charge in [-0.25, -0.2) is 0 Å². The van der Waals surface area contributed by atoms with Crippen molar-refractivity contribution >= 4 is 17.9 Å². The molecule has 0 N–H and O–H groups in total. The third-order valence-corrected chi connectivity index (χ3v) is 13.2. The molecule has 1 atom stereocenters. The van der Waals surface area contributed by atoms with Gasteiger partial charge in [0, 0.05) is 19.3 Å². The van der Waals surface area contributed by atoms with Crippen LogP contribution in [0.15, 0.2) is 134 Å². The molecule has 0 aromatic heterocycles. The maximum atomic E-state index is 12.8. The van der Waals surface area contributed by atoms with Crippen molar-refractivity contribution in [1.29, 1.82) is 0 Å². The summed E-state index contributed by atoms with van der Waals surface area (Å²) in [5, 5.41) is 0. The third-order valence-electron chi connectivity index (χ3n) is 13.2. The molecule has 0 aromatic rings. The van der Waals surface area contributed by atoms with E-state index in [4.69, 9.17) is 14.2 Å². The number of hydrogen-bond donors (Lipinski definition) is 0. The molecule has 0 spiro atoms. The molecule has 436 valence electrons. The normalized spacial score (nSPS) is 13.0. The molecule has 0 aliphatic rings. The molecule has 77 heavy (non-hydrogen) atoms. The first-order valence-corrected chi connectivity index (χ1v) is 31.7. The van der Waals surface area contributed by atoms with Crippen LogP contribution in [0.25, 0.3) is 0 Å². The fraction of sp³-hybridized carbons (Fsp3) is 0.648. The van der Waals surface area contributed by atoms with Crippen LogP contribution in [0.5, 0.6) is 0 Å². The lowest BCUT2D eigenvalue weighted by Gasteiger charge is -2.18. The summed E-state index contributed by atoms with van der Waals surface area (Å²) in [5.74, 6) is -0.940. The molecule has 0 aromatic carbocycles. The second-order valence-corrected chi connectivity index (χ2v) is 20.6. The lowest BCUT2D eigenvalue weighted by molar-refractivity contribution is -0.167. The molecular weight excluding hydrogens is 949 g/mol. The minimum atomic E-state index is -0.796. The van der Waals surface area contributed by atoms with Crippen molar-refractivity contribution in [1.82, 2.24) is 0 Å². The van der Waals surface area contributed by atoms with E-state index in [-0.39, 0.29) is 37.5 Å². The smallest absolute Gasteiger partial charge is 0.306 e. The van der Waals surface area contributed by atoms with Gasteiger partial charge in [-0.3, -0.25) is 14.4 Å². The summed E-state index contributed by atoms with van der Waals surface area (Å²) >= 11 is 0. The number of ether oxygens (including phenoxy) is 3. The lowest BCUT2D eigenvalue weighted by Crippen LogP contribution is -2.30. The summed E-state index contributed by atoms with van der Waals surface area (Å²) in [5.41, 5.74) is 0. The van der Waals surface area contributed by atoms with Gasteiger partial charge < -0.3 is 14.2 Å². The standard InChI is InChI=1S/C71H116O6/c1-4-7-10-13-15-17-19-21-23-25-27-29-31-33-34-35-36-38-39-41-43-45-47-49-51-53-55-58-61-64-70(73)76-67-68(66-75-69(72)63-60-57-12-9-6-3)77-71(74)65-62-59-56-54-52-50-48-46-44-42-40-37-32-30-28-26-24-22-20-18-16-14-11-8-5-2/h7-8,10-11,15-18,21-24,27-30,37,40,44,46,50,52,68H,4-6,9,12-14,19-20,25-26,31-36,38-39,41-43,45,47-49,51,53-67H2,1-3H3/b10-7-,11-8-,17-15-,18-16-,23-21-,24-22-,29-27-,30-28-,40-37-,46-44-,52-50-. The topological polar surface area (TPSA) is 78.9 Å². The SMILES string of the molecule is CC/C=C\C/C=C\C/C=C\C/C=C\C/C=C\C/C=C\C/C=C\CCCCCC(=O)OC(COC(=O)CCCCCCC)COC(=O)CCCCCCCCCCCCCCCCCC/C=C\C/C=C\C/C=C\C/C=C\CC. The molecule has 0 radical (unpaired) electrons. The Labute approximate surface area is 475 Å². The minimum Gasteiger partial charge on any atom is -0.462 e. The van der Waals surface area contributed by atoms with Crippen molar-refractivity contribution in [2.75, 3.05) is 13.2 Å². The Morgan fingerprint density at radius 2 is 0.506 bits per heavy atom. The van der Waals surface area contributed by atoms with Crippen LogP contribution in [-0.2, 0) is 28.6 Å². The molecule has 0 aliphatic heterocycles. The Bertz CT molecular complexity index is 1650. The van der Waals surface area contributed by atoms with Crippen molar-refractivity contribution in [3.05, 3.63) is 134 Å². The van der Waals surface area contributed by atoms with Gasteiger partial charge in [-0.05, 0) is 116 Å². The molecule has 6 nitrogen and oxygen atoms in total. The van der Waals surface area contributed by atoms with Crippen LogP contribution in [0.2, 0.25) is 0 Å². The number of carbonyl (C=O) groups excluding carboxylic acids is 3. The number of unbranched alkanes of at least 4 members (excludes halogenated alkanes) is 23. The van der Waals surface area contributed by atoms with Crippen LogP contribution >= 0.6 is 0 Å². The van der Waals surface area contributed by atoms with Gasteiger partial charge in [0.15, 0.2) is 6.10 Å². The Morgan fingerprint density at radius 3 is 0.805 bits per heavy atom. The van der Waals surface area contributed by atoms with E-state index >= 15 is 0 Å². The molecule has 0 amide bonds.